The first-order chi connectivity index (χ1) is 13.5. The zero-order valence-electron chi connectivity index (χ0n) is 16.2. The van der Waals surface area contributed by atoms with Gasteiger partial charge >= 0.3 is 0 Å². The summed E-state index contributed by atoms with van der Waals surface area (Å²) in [7, 11) is 1.82. The Labute approximate surface area is 161 Å². The molecule has 9 heteroatoms. The van der Waals surface area contributed by atoms with Gasteiger partial charge in [0.1, 0.15) is 0 Å². The van der Waals surface area contributed by atoms with Crippen molar-refractivity contribution in [3.8, 4) is 11.3 Å². The molecule has 1 unspecified atom stereocenters. The third kappa shape index (κ3) is 3.15. The van der Waals surface area contributed by atoms with Gasteiger partial charge in [0.15, 0.2) is 0 Å². The molecule has 28 heavy (non-hydrogen) atoms. The van der Waals surface area contributed by atoms with Crippen LogP contribution in [0, 0.1) is 6.92 Å². The maximum Gasteiger partial charge on any atom is 0.259 e. The topological polar surface area (TPSA) is 104 Å². The summed E-state index contributed by atoms with van der Waals surface area (Å²) >= 11 is 0. The molecule has 1 amide bonds. The largest absolute Gasteiger partial charge is 0.344 e. The van der Waals surface area contributed by atoms with Crippen LogP contribution in [-0.4, -0.2) is 35.6 Å². The summed E-state index contributed by atoms with van der Waals surface area (Å²) in [6.45, 7) is 6.49. The molecule has 0 radical (unpaired) electrons. The minimum Gasteiger partial charge on any atom is -0.344 e. The lowest BCUT2D eigenvalue weighted by atomic mass is 10.1. The number of nitrogens with one attached hydrogen (secondary N) is 1. The lowest BCUT2D eigenvalue weighted by Crippen LogP contribution is -2.27. The molecule has 0 bridgehead atoms. The van der Waals surface area contributed by atoms with Crippen LogP contribution in [0.5, 0.6) is 0 Å². The number of carbonyl (C=O) groups is 1. The number of hydrogen-bond acceptors (Lipinski definition) is 6. The molecular weight excluding hydrogens is 358 g/mol. The Kier molecular flexibility index (Phi) is 4.42. The molecule has 0 aliphatic rings. The smallest absolute Gasteiger partial charge is 0.259 e. The average Bonchev–Trinajstić information content (AvgIpc) is 3.41. The van der Waals surface area contributed by atoms with Crippen molar-refractivity contribution in [3.05, 3.63) is 47.7 Å². The first kappa shape index (κ1) is 17.9. The summed E-state index contributed by atoms with van der Waals surface area (Å²) in [5.74, 6) is -0.234. The van der Waals surface area contributed by atoms with Crippen molar-refractivity contribution < 1.29 is 9.32 Å². The molecule has 4 aromatic rings. The number of aryl methyl sites for hydroxylation is 3. The summed E-state index contributed by atoms with van der Waals surface area (Å²) in [6.07, 6.45) is 5.42. The summed E-state index contributed by atoms with van der Waals surface area (Å²) in [5.41, 5.74) is 3.60. The molecule has 4 rings (SSSR count). The molecule has 0 fully saturated rings. The Bertz CT molecular complexity index is 1150. The van der Waals surface area contributed by atoms with E-state index in [1.165, 1.54) is 0 Å². The predicted octanol–water partition coefficient (Wildman–Crippen LogP) is 2.64. The van der Waals surface area contributed by atoms with Gasteiger partial charge in [-0.2, -0.15) is 10.2 Å². The Balaban J connectivity index is 1.71. The highest BCUT2D eigenvalue weighted by atomic mass is 16.5. The van der Waals surface area contributed by atoms with Crippen molar-refractivity contribution in [2.75, 3.05) is 0 Å². The van der Waals surface area contributed by atoms with E-state index in [1.54, 1.807) is 23.9 Å². The molecule has 144 valence electrons. The zero-order valence-corrected chi connectivity index (χ0v) is 16.2. The lowest BCUT2D eigenvalue weighted by Gasteiger charge is -2.13. The fourth-order valence-corrected chi connectivity index (χ4v) is 3.11. The summed E-state index contributed by atoms with van der Waals surface area (Å²) in [4.78, 5) is 17.6. The van der Waals surface area contributed by atoms with E-state index in [-0.39, 0.29) is 11.9 Å². The molecule has 9 nitrogen and oxygen atoms in total. The molecule has 4 aromatic heterocycles. The second-order valence-corrected chi connectivity index (χ2v) is 6.70. The average molecular weight is 379 g/mol. The normalized spacial score (nSPS) is 12.4. The van der Waals surface area contributed by atoms with Gasteiger partial charge in [-0.25, -0.2) is 4.98 Å². The van der Waals surface area contributed by atoms with Crippen LogP contribution >= 0.6 is 0 Å². The lowest BCUT2D eigenvalue weighted by molar-refractivity contribution is 0.0940. The second-order valence-electron chi connectivity index (χ2n) is 6.70. The summed E-state index contributed by atoms with van der Waals surface area (Å²) < 4.78 is 8.84. The highest BCUT2D eigenvalue weighted by Crippen LogP contribution is 2.27. The molecule has 0 saturated carbocycles. The Morgan fingerprint density at radius 3 is 2.89 bits per heavy atom. The van der Waals surface area contributed by atoms with Gasteiger partial charge in [-0.3, -0.25) is 14.2 Å². The van der Waals surface area contributed by atoms with Crippen molar-refractivity contribution in [2.45, 2.75) is 33.4 Å². The van der Waals surface area contributed by atoms with Crippen LogP contribution in [0.2, 0.25) is 0 Å². The van der Waals surface area contributed by atoms with Gasteiger partial charge in [-0.1, -0.05) is 5.16 Å². The van der Waals surface area contributed by atoms with Crippen molar-refractivity contribution in [1.29, 1.82) is 0 Å². The van der Waals surface area contributed by atoms with Crippen LogP contribution in [0.3, 0.4) is 0 Å². The van der Waals surface area contributed by atoms with E-state index < -0.39 is 0 Å². The Morgan fingerprint density at radius 2 is 2.21 bits per heavy atom. The predicted molar refractivity (Wildman–Crippen MR) is 103 cm³/mol. The SMILES string of the molecule is CCn1ccc(C(C)NC(=O)c2cc(-c3cnn(C)c3)nc3onc(C)c23)n1. The van der Waals surface area contributed by atoms with Crippen molar-refractivity contribution in [3.63, 3.8) is 0 Å². The van der Waals surface area contributed by atoms with E-state index in [4.69, 9.17) is 4.52 Å². The van der Waals surface area contributed by atoms with Gasteiger partial charge in [0, 0.05) is 31.5 Å². The molecule has 0 aromatic carbocycles. The highest BCUT2D eigenvalue weighted by Gasteiger charge is 2.22. The number of pyridine rings is 1. The van der Waals surface area contributed by atoms with Crippen molar-refractivity contribution in [2.24, 2.45) is 7.05 Å². The van der Waals surface area contributed by atoms with Gasteiger partial charge < -0.3 is 9.84 Å². The first-order valence-corrected chi connectivity index (χ1v) is 9.06. The summed E-state index contributed by atoms with van der Waals surface area (Å²) in [6, 6.07) is 3.41. The highest BCUT2D eigenvalue weighted by molar-refractivity contribution is 6.07. The third-order valence-electron chi connectivity index (χ3n) is 4.64. The van der Waals surface area contributed by atoms with E-state index in [1.807, 2.05) is 44.0 Å². The minimum atomic E-state index is -0.245. The number of fused-ring (bicyclic) bond motifs is 1. The van der Waals surface area contributed by atoms with E-state index in [9.17, 15) is 4.79 Å². The first-order valence-electron chi connectivity index (χ1n) is 9.06. The van der Waals surface area contributed by atoms with E-state index in [0.29, 0.717) is 28.1 Å². The van der Waals surface area contributed by atoms with Crippen LogP contribution in [0.25, 0.3) is 22.4 Å². The van der Waals surface area contributed by atoms with Gasteiger partial charge in [-0.15, -0.1) is 0 Å². The second kappa shape index (κ2) is 6.91. The van der Waals surface area contributed by atoms with Crippen LogP contribution in [0.4, 0.5) is 0 Å². The van der Waals surface area contributed by atoms with E-state index in [2.05, 4.69) is 25.7 Å². The standard InChI is InChI=1S/C19H21N7O2/c1-5-26-7-6-15(23-26)11(2)21-18(27)14-8-16(13-9-20-25(4)10-13)22-19-17(14)12(3)24-28-19/h6-11H,5H2,1-4H3,(H,21,27). The van der Waals surface area contributed by atoms with Crippen LogP contribution in [0.1, 0.15) is 41.6 Å². The molecule has 1 N–H and O–H groups in total. The molecule has 0 aliphatic heterocycles. The monoisotopic (exact) mass is 379 g/mol. The van der Waals surface area contributed by atoms with Crippen molar-refractivity contribution >= 4 is 17.0 Å². The van der Waals surface area contributed by atoms with Gasteiger partial charge in [0.05, 0.1) is 40.3 Å². The van der Waals surface area contributed by atoms with Gasteiger partial charge in [-0.05, 0) is 32.9 Å². The molecule has 4 heterocycles. The van der Waals surface area contributed by atoms with Crippen LogP contribution in [0.15, 0.2) is 35.2 Å². The number of nitrogens with zero attached hydrogens (tertiary/aromatic N) is 6. The van der Waals surface area contributed by atoms with E-state index in [0.717, 1.165) is 17.8 Å². The molecule has 1 atom stereocenters. The van der Waals surface area contributed by atoms with Gasteiger partial charge in [0.25, 0.3) is 11.6 Å². The fourth-order valence-electron chi connectivity index (χ4n) is 3.11. The van der Waals surface area contributed by atoms with Crippen LogP contribution < -0.4 is 5.32 Å². The number of carbonyl (C=O) groups excluding carboxylic acids is 1. The Morgan fingerprint density at radius 1 is 1.39 bits per heavy atom. The van der Waals surface area contributed by atoms with Crippen LogP contribution in [-0.2, 0) is 13.6 Å². The number of aromatic nitrogens is 6. The maximum atomic E-state index is 13.1. The molecular formula is C19H21N7O2. The number of hydrogen-bond donors (Lipinski definition) is 1. The number of amides is 1. The van der Waals surface area contributed by atoms with Crippen molar-refractivity contribution in [1.82, 2.24) is 35.0 Å². The molecule has 0 saturated heterocycles. The molecule has 0 aliphatic carbocycles. The summed E-state index contributed by atoms with van der Waals surface area (Å²) in [5, 5.41) is 16.2. The Hall–Kier alpha value is -3.49. The third-order valence-corrected chi connectivity index (χ3v) is 4.64. The minimum absolute atomic E-state index is 0.234. The van der Waals surface area contributed by atoms with E-state index >= 15 is 0 Å². The zero-order chi connectivity index (χ0) is 19.8. The molecule has 0 spiro atoms. The number of rotatable bonds is 5. The quantitative estimate of drug-likeness (QED) is 0.572. The van der Waals surface area contributed by atoms with Gasteiger partial charge in [0.2, 0.25) is 0 Å². The fraction of sp³-hybridized carbons (Fsp3) is 0.316. The maximum absolute atomic E-state index is 13.1.